The first-order valence-corrected chi connectivity index (χ1v) is 12.3. The fourth-order valence-electron chi connectivity index (χ4n) is 5.57. The first-order chi connectivity index (χ1) is 16.9. The Bertz CT molecular complexity index is 2080. The minimum absolute atomic E-state index is 1.09. The van der Waals surface area contributed by atoms with E-state index in [1.165, 1.54) is 63.8 Å². The van der Waals surface area contributed by atoms with Crippen LogP contribution >= 0.6 is 11.3 Å². The Morgan fingerprint density at radius 2 is 1.38 bits per heavy atom. The molecule has 3 aromatic heterocycles. The SMILES string of the molecule is c1ccc2cc(-n3c4ccccc4c4c5cccnc5c5sc6ccccc6c5c43)ccc2c1. The molecule has 2 nitrogen and oxygen atoms in total. The number of hydrogen-bond acceptors (Lipinski definition) is 2. The number of fused-ring (bicyclic) bond motifs is 11. The van der Waals surface area contributed by atoms with E-state index in [1.54, 1.807) is 0 Å². The molecule has 0 radical (unpaired) electrons. The number of rotatable bonds is 1. The van der Waals surface area contributed by atoms with E-state index in [1.807, 2.05) is 17.5 Å². The highest BCUT2D eigenvalue weighted by Gasteiger charge is 2.22. The number of para-hydroxylation sites is 1. The lowest BCUT2D eigenvalue weighted by atomic mass is 10.0. The molecule has 3 heterocycles. The summed E-state index contributed by atoms with van der Waals surface area (Å²) in [4.78, 5) is 4.89. The van der Waals surface area contributed by atoms with E-state index < -0.39 is 0 Å². The van der Waals surface area contributed by atoms with Crippen LogP contribution in [0.5, 0.6) is 0 Å². The molecule has 0 aliphatic rings. The molecular formula is C31H18N2S. The fourth-order valence-corrected chi connectivity index (χ4v) is 6.78. The third-order valence-electron chi connectivity index (χ3n) is 6.99. The Morgan fingerprint density at radius 1 is 0.618 bits per heavy atom. The zero-order valence-corrected chi connectivity index (χ0v) is 19.0. The van der Waals surface area contributed by atoms with Crippen molar-refractivity contribution < 1.29 is 0 Å². The average molecular weight is 451 g/mol. The number of thiophene rings is 1. The Hall–Kier alpha value is -4.21. The van der Waals surface area contributed by atoms with Crippen LogP contribution in [0.2, 0.25) is 0 Å². The molecule has 5 aromatic carbocycles. The van der Waals surface area contributed by atoms with Crippen molar-refractivity contribution in [1.82, 2.24) is 9.55 Å². The number of aromatic nitrogens is 2. The Labute approximate surface area is 199 Å². The lowest BCUT2D eigenvalue weighted by Crippen LogP contribution is -1.94. The van der Waals surface area contributed by atoms with Gasteiger partial charge in [0.25, 0.3) is 0 Å². The van der Waals surface area contributed by atoms with Gasteiger partial charge in [-0.25, -0.2) is 0 Å². The van der Waals surface area contributed by atoms with Crippen molar-refractivity contribution in [3.8, 4) is 5.69 Å². The van der Waals surface area contributed by atoms with Gasteiger partial charge in [0.05, 0.1) is 21.3 Å². The van der Waals surface area contributed by atoms with E-state index in [0.29, 0.717) is 0 Å². The van der Waals surface area contributed by atoms with Crippen molar-refractivity contribution in [3.63, 3.8) is 0 Å². The van der Waals surface area contributed by atoms with Gasteiger partial charge < -0.3 is 4.57 Å². The zero-order chi connectivity index (χ0) is 22.2. The number of nitrogens with zero attached hydrogens (tertiary/aromatic N) is 2. The van der Waals surface area contributed by atoms with Crippen LogP contribution in [-0.4, -0.2) is 9.55 Å². The minimum atomic E-state index is 1.09. The van der Waals surface area contributed by atoms with Crippen molar-refractivity contribution in [2.24, 2.45) is 0 Å². The molecule has 0 spiro atoms. The summed E-state index contributed by atoms with van der Waals surface area (Å²) in [6.07, 6.45) is 1.92. The molecule has 3 heteroatoms. The smallest absolute Gasteiger partial charge is 0.0888 e. The number of hydrogen-bond donors (Lipinski definition) is 0. The first kappa shape index (κ1) is 18.2. The predicted octanol–water partition coefficient (Wildman–Crippen LogP) is 8.85. The zero-order valence-electron chi connectivity index (χ0n) is 18.2. The molecule has 0 unspecified atom stereocenters. The summed E-state index contributed by atoms with van der Waals surface area (Å²) in [6, 6.07) is 37.2. The molecule has 8 rings (SSSR count). The van der Waals surface area contributed by atoms with Gasteiger partial charge in [0.15, 0.2) is 0 Å². The summed E-state index contributed by atoms with van der Waals surface area (Å²) in [7, 11) is 0. The Kier molecular flexibility index (Phi) is 3.57. The van der Waals surface area contributed by atoms with Gasteiger partial charge in [-0.05, 0) is 41.1 Å². The lowest BCUT2D eigenvalue weighted by Gasteiger charge is -2.11. The molecular weight excluding hydrogens is 432 g/mol. The van der Waals surface area contributed by atoms with Gasteiger partial charge in [-0.3, -0.25) is 4.98 Å². The van der Waals surface area contributed by atoms with Crippen molar-refractivity contribution >= 4 is 75.0 Å². The molecule has 0 saturated carbocycles. The van der Waals surface area contributed by atoms with Crippen LogP contribution in [0.15, 0.2) is 109 Å². The van der Waals surface area contributed by atoms with Gasteiger partial charge in [0, 0.05) is 43.5 Å². The van der Waals surface area contributed by atoms with Crippen LogP contribution in [0, 0.1) is 0 Å². The fraction of sp³-hybridized carbons (Fsp3) is 0. The Balaban J connectivity index is 1.71. The molecule has 8 aromatic rings. The highest BCUT2D eigenvalue weighted by atomic mass is 32.1. The maximum Gasteiger partial charge on any atom is 0.0888 e. The maximum atomic E-state index is 4.89. The van der Waals surface area contributed by atoms with Gasteiger partial charge >= 0.3 is 0 Å². The summed E-state index contributed by atoms with van der Waals surface area (Å²) < 4.78 is 5.02. The Morgan fingerprint density at radius 3 is 2.32 bits per heavy atom. The molecule has 0 fully saturated rings. The van der Waals surface area contributed by atoms with Crippen molar-refractivity contribution in [2.75, 3.05) is 0 Å². The minimum Gasteiger partial charge on any atom is -0.309 e. The molecule has 0 amide bonds. The summed E-state index contributed by atoms with van der Waals surface area (Å²) >= 11 is 1.85. The quantitative estimate of drug-likeness (QED) is 0.244. The van der Waals surface area contributed by atoms with Crippen molar-refractivity contribution in [3.05, 3.63) is 109 Å². The summed E-state index contributed by atoms with van der Waals surface area (Å²) in [5.74, 6) is 0. The van der Waals surface area contributed by atoms with Gasteiger partial charge in [0.1, 0.15) is 0 Å². The van der Waals surface area contributed by atoms with Crippen molar-refractivity contribution in [1.29, 1.82) is 0 Å². The second kappa shape index (κ2) is 6.66. The molecule has 0 saturated heterocycles. The standard InChI is InChI=1S/C31H18N2S/c1-2-9-20-18-21(16-15-19(20)8-1)33-25-13-5-3-10-22(25)27-24-12-7-17-32-29(24)31-28(30(27)33)23-11-4-6-14-26(23)34-31/h1-18H. The normalized spacial score (nSPS) is 12.1. The van der Waals surface area contributed by atoms with Crippen molar-refractivity contribution in [2.45, 2.75) is 0 Å². The van der Waals surface area contributed by atoms with E-state index in [-0.39, 0.29) is 0 Å². The summed E-state index contributed by atoms with van der Waals surface area (Å²) in [6.45, 7) is 0. The topological polar surface area (TPSA) is 17.8 Å². The highest BCUT2D eigenvalue weighted by Crippen LogP contribution is 2.47. The second-order valence-corrected chi connectivity index (χ2v) is 9.86. The number of pyridine rings is 1. The van der Waals surface area contributed by atoms with Crippen LogP contribution in [0.25, 0.3) is 69.3 Å². The summed E-state index contributed by atoms with van der Waals surface area (Å²) in [5.41, 5.74) is 4.77. The highest BCUT2D eigenvalue weighted by molar-refractivity contribution is 7.26. The van der Waals surface area contributed by atoms with E-state index >= 15 is 0 Å². The van der Waals surface area contributed by atoms with Gasteiger partial charge in [-0.2, -0.15) is 0 Å². The van der Waals surface area contributed by atoms with Gasteiger partial charge in [-0.1, -0.05) is 72.8 Å². The van der Waals surface area contributed by atoms with E-state index in [0.717, 1.165) is 5.52 Å². The monoisotopic (exact) mass is 450 g/mol. The molecule has 158 valence electrons. The maximum absolute atomic E-state index is 4.89. The van der Waals surface area contributed by atoms with E-state index in [2.05, 4.69) is 108 Å². The third-order valence-corrected chi connectivity index (χ3v) is 8.17. The van der Waals surface area contributed by atoms with Crippen LogP contribution in [0.4, 0.5) is 0 Å². The van der Waals surface area contributed by atoms with Crippen LogP contribution < -0.4 is 0 Å². The van der Waals surface area contributed by atoms with Crippen LogP contribution in [-0.2, 0) is 0 Å². The predicted molar refractivity (Wildman–Crippen MR) is 146 cm³/mol. The third kappa shape index (κ3) is 2.32. The molecule has 0 aliphatic heterocycles. The van der Waals surface area contributed by atoms with Gasteiger partial charge in [-0.15, -0.1) is 11.3 Å². The lowest BCUT2D eigenvalue weighted by molar-refractivity contribution is 1.19. The van der Waals surface area contributed by atoms with Crippen LogP contribution in [0.3, 0.4) is 0 Å². The summed E-state index contributed by atoms with van der Waals surface area (Å²) in [5, 5.41) is 8.86. The molecule has 0 atom stereocenters. The molecule has 0 N–H and O–H groups in total. The van der Waals surface area contributed by atoms with E-state index in [9.17, 15) is 0 Å². The van der Waals surface area contributed by atoms with Crippen LogP contribution in [0.1, 0.15) is 0 Å². The largest absolute Gasteiger partial charge is 0.309 e. The first-order valence-electron chi connectivity index (χ1n) is 11.5. The number of benzene rings is 5. The molecule has 0 aliphatic carbocycles. The van der Waals surface area contributed by atoms with E-state index in [4.69, 9.17) is 4.98 Å². The molecule has 34 heavy (non-hydrogen) atoms. The second-order valence-electron chi connectivity index (χ2n) is 8.81. The van der Waals surface area contributed by atoms with Gasteiger partial charge in [0.2, 0.25) is 0 Å². The average Bonchev–Trinajstić information content (AvgIpc) is 3.45. The molecule has 0 bridgehead atoms.